The maximum Gasteiger partial charge on any atom is 0.326 e. The van der Waals surface area contributed by atoms with Gasteiger partial charge in [-0.3, -0.25) is 4.79 Å². The van der Waals surface area contributed by atoms with E-state index >= 15 is 0 Å². The Morgan fingerprint density at radius 3 is 2.61 bits per heavy atom. The Bertz CT molecular complexity index is 499. The van der Waals surface area contributed by atoms with Gasteiger partial charge in [0.05, 0.1) is 5.56 Å². The third-order valence-corrected chi connectivity index (χ3v) is 3.01. The number of phenolic OH excluding ortho intramolecular Hbond substituents is 2. The normalized spacial score (nSPS) is 18.9. The second kappa shape index (κ2) is 4.56. The van der Waals surface area contributed by atoms with Crippen LogP contribution in [0.15, 0.2) is 18.2 Å². The van der Waals surface area contributed by atoms with Gasteiger partial charge >= 0.3 is 5.97 Å². The molecule has 1 atom stereocenters. The van der Waals surface area contributed by atoms with Crippen molar-refractivity contribution >= 4 is 11.9 Å². The average Bonchev–Trinajstić information content (AvgIpc) is 2.77. The zero-order valence-corrected chi connectivity index (χ0v) is 9.54. The molecule has 2 rings (SSSR count). The summed E-state index contributed by atoms with van der Waals surface area (Å²) in [4.78, 5) is 24.3. The van der Waals surface area contributed by atoms with Gasteiger partial charge in [0.15, 0.2) is 0 Å². The lowest BCUT2D eigenvalue weighted by molar-refractivity contribution is -0.141. The van der Waals surface area contributed by atoms with E-state index in [4.69, 9.17) is 10.2 Å². The van der Waals surface area contributed by atoms with Crippen molar-refractivity contribution in [1.82, 2.24) is 4.90 Å². The summed E-state index contributed by atoms with van der Waals surface area (Å²) >= 11 is 0. The van der Waals surface area contributed by atoms with Crippen molar-refractivity contribution < 1.29 is 24.9 Å². The number of rotatable bonds is 2. The van der Waals surface area contributed by atoms with E-state index in [1.807, 2.05) is 0 Å². The lowest BCUT2D eigenvalue weighted by Gasteiger charge is -2.21. The monoisotopic (exact) mass is 251 g/mol. The zero-order chi connectivity index (χ0) is 13.3. The number of carboxylic acid groups (broad SMARTS) is 1. The highest BCUT2D eigenvalue weighted by atomic mass is 16.4. The van der Waals surface area contributed by atoms with Gasteiger partial charge in [-0.15, -0.1) is 0 Å². The van der Waals surface area contributed by atoms with Gasteiger partial charge in [0.25, 0.3) is 5.91 Å². The number of benzene rings is 1. The second-order valence-electron chi connectivity index (χ2n) is 4.20. The molecule has 1 heterocycles. The van der Waals surface area contributed by atoms with E-state index in [1.165, 1.54) is 17.0 Å². The summed E-state index contributed by atoms with van der Waals surface area (Å²) in [6, 6.07) is 2.77. The van der Waals surface area contributed by atoms with Crippen LogP contribution in [0, 0.1) is 0 Å². The van der Waals surface area contributed by atoms with Gasteiger partial charge < -0.3 is 20.2 Å². The fraction of sp³-hybridized carbons (Fsp3) is 0.333. The molecule has 6 heteroatoms. The summed E-state index contributed by atoms with van der Waals surface area (Å²) in [7, 11) is 0. The number of carbonyl (C=O) groups is 2. The first-order chi connectivity index (χ1) is 8.50. The number of hydrogen-bond donors (Lipinski definition) is 3. The van der Waals surface area contributed by atoms with Gasteiger partial charge in [-0.2, -0.15) is 0 Å². The number of phenols is 2. The highest BCUT2D eigenvalue weighted by Crippen LogP contribution is 2.27. The summed E-state index contributed by atoms with van der Waals surface area (Å²) in [5.74, 6) is -2.08. The standard InChI is InChI=1S/C12H13NO5/c14-7-3-4-8(10(15)6-7)11(16)13-5-1-2-9(13)12(17)18/h3-4,6,9,14-15H,1-2,5H2,(H,17,18)/t9-/m0/s1. The smallest absolute Gasteiger partial charge is 0.326 e. The van der Waals surface area contributed by atoms with Crippen molar-refractivity contribution in [3.05, 3.63) is 23.8 Å². The van der Waals surface area contributed by atoms with E-state index < -0.39 is 17.9 Å². The molecule has 1 aliphatic rings. The van der Waals surface area contributed by atoms with E-state index in [0.717, 1.165) is 6.07 Å². The Labute approximate surface area is 103 Å². The number of aliphatic carboxylic acids is 1. The van der Waals surface area contributed by atoms with Crippen LogP contribution in [-0.4, -0.2) is 44.7 Å². The number of amides is 1. The molecule has 0 radical (unpaired) electrons. The van der Waals surface area contributed by atoms with Crippen LogP contribution < -0.4 is 0 Å². The molecule has 1 aromatic rings. The number of likely N-dealkylation sites (tertiary alicyclic amines) is 1. The van der Waals surface area contributed by atoms with E-state index in [2.05, 4.69) is 0 Å². The molecular weight excluding hydrogens is 238 g/mol. The topological polar surface area (TPSA) is 98.1 Å². The minimum atomic E-state index is -1.04. The average molecular weight is 251 g/mol. The number of hydrogen-bond acceptors (Lipinski definition) is 4. The number of carbonyl (C=O) groups excluding carboxylic acids is 1. The molecule has 1 aliphatic heterocycles. The fourth-order valence-electron chi connectivity index (χ4n) is 2.12. The van der Waals surface area contributed by atoms with Gasteiger partial charge in [0, 0.05) is 12.6 Å². The molecule has 0 aliphatic carbocycles. The molecule has 0 saturated carbocycles. The first-order valence-electron chi connectivity index (χ1n) is 5.56. The Morgan fingerprint density at radius 1 is 1.28 bits per heavy atom. The van der Waals surface area contributed by atoms with Crippen LogP contribution in [0.5, 0.6) is 11.5 Å². The minimum Gasteiger partial charge on any atom is -0.508 e. The lowest BCUT2D eigenvalue weighted by atomic mass is 10.1. The SMILES string of the molecule is O=C(O)[C@@H]1CCCN1C(=O)c1ccc(O)cc1O. The molecule has 0 spiro atoms. The van der Waals surface area contributed by atoms with Crippen LogP contribution in [0.2, 0.25) is 0 Å². The maximum absolute atomic E-state index is 12.1. The van der Waals surface area contributed by atoms with Crippen LogP contribution in [0.3, 0.4) is 0 Å². The maximum atomic E-state index is 12.1. The first kappa shape index (κ1) is 12.2. The Hall–Kier alpha value is -2.24. The van der Waals surface area contributed by atoms with Gasteiger partial charge in [0.2, 0.25) is 0 Å². The third kappa shape index (κ3) is 2.09. The van der Waals surface area contributed by atoms with Crippen LogP contribution in [0.25, 0.3) is 0 Å². The molecule has 0 unspecified atom stereocenters. The molecule has 1 fully saturated rings. The molecule has 0 bridgehead atoms. The predicted octanol–water partition coefficient (Wildman–Crippen LogP) is 0.787. The van der Waals surface area contributed by atoms with Crippen molar-refractivity contribution in [2.24, 2.45) is 0 Å². The summed E-state index contributed by atoms with van der Waals surface area (Å²) < 4.78 is 0. The molecule has 3 N–H and O–H groups in total. The molecule has 1 amide bonds. The van der Waals surface area contributed by atoms with Crippen LogP contribution in [0.4, 0.5) is 0 Å². The number of carboxylic acids is 1. The summed E-state index contributed by atoms with van der Waals surface area (Å²) in [6.45, 7) is 0.357. The molecule has 0 aromatic heterocycles. The highest BCUT2D eigenvalue weighted by molar-refractivity contribution is 5.99. The van der Waals surface area contributed by atoms with Crippen LogP contribution in [-0.2, 0) is 4.79 Å². The van der Waals surface area contributed by atoms with Gasteiger partial charge in [-0.05, 0) is 25.0 Å². The number of aromatic hydroxyl groups is 2. The predicted molar refractivity (Wildman–Crippen MR) is 61.5 cm³/mol. The van der Waals surface area contributed by atoms with Crippen molar-refractivity contribution in [3.63, 3.8) is 0 Å². The largest absolute Gasteiger partial charge is 0.508 e. The van der Waals surface area contributed by atoms with E-state index in [9.17, 15) is 14.7 Å². The molecule has 1 saturated heterocycles. The van der Waals surface area contributed by atoms with E-state index in [-0.39, 0.29) is 17.1 Å². The van der Waals surface area contributed by atoms with Crippen LogP contribution >= 0.6 is 0 Å². The Morgan fingerprint density at radius 2 is 2.00 bits per heavy atom. The van der Waals surface area contributed by atoms with Gasteiger partial charge in [-0.1, -0.05) is 0 Å². The van der Waals surface area contributed by atoms with Gasteiger partial charge in [-0.25, -0.2) is 4.79 Å². The molecule has 6 nitrogen and oxygen atoms in total. The minimum absolute atomic E-state index is 0.000880. The number of nitrogens with zero attached hydrogens (tertiary/aromatic N) is 1. The van der Waals surface area contributed by atoms with E-state index in [1.54, 1.807) is 0 Å². The molecular formula is C12H13NO5. The Balaban J connectivity index is 2.28. The third-order valence-electron chi connectivity index (χ3n) is 3.01. The summed E-state index contributed by atoms with van der Waals surface area (Å²) in [5.41, 5.74) is 0.000880. The van der Waals surface area contributed by atoms with Crippen molar-refractivity contribution in [2.45, 2.75) is 18.9 Å². The fourth-order valence-corrected chi connectivity index (χ4v) is 2.12. The molecule has 18 heavy (non-hydrogen) atoms. The Kier molecular flexibility index (Phi) is 3.10. The lowest BCUT2D eigenvalue weighted by Crippen LogP contribution is -2.40. The van der Waals surface area contributed by atoms with Crippen LogP contribution in [0.1, 0.15) is 23.2 Å². The van der Waals surface area contributed by atoms with E-state index in [0.29, 0.717) is 19.4 Å². The quantitative estimate of drug-likeness (QED) is 0.721. The summed E-state index contributed by atoms with van der Waals surface area (Å²) in [6.07, 6.45) is 1.04. The first-order valence-corrected chi connectivity index (χ1v) is 5.56. The second-order valence-corrected chi connectivity index (χ2v) is 4.20. The summed E-state index contributed by atoms with van der Waals surface area (Å²) in [5, 5.41) is 27.7. The van der Waals surface area contributed by atoms with Gasteiger partial charge in [0.1, 0.15) is 17.5 Å². The van der Waals surface area contributed by atoms with Crippen molar-refractivity contribution in [2.75, 3.05) is 6.54 Å². The van der Waals surface area contributed by atoms with Crippen molar-refractivity contribution in [3.8, 4) is 11.5 Å². The highest BCUT2D eigenvalue weighted by Gasteiger charge is 2.35. The molecule has 1 aromatic carbocycles. The van der Waals surface area contributed by atoms with Crippen molar-refractivity contribution in [1.29, 1.82) is 0 Å². The zero-order valence-electron chi connectivity index (χ0n) is 9.54. The molecule has 96 valence electrons.